The molecule has 0 saturated heterocycles. The van der Waals surface area contributed by atoms with Gasteiger partial charge in [-0.3, -0.25) is 5.10 Å². The zero-order valence-electron chi connectivity index (χ0n) is 13.7. The number of aromatic amines is 1. The van der Waals surface area contributed by atoms with Crippen molar-refractivity contribution in [2.75, 3.05) is 0 Å². The first kappa shape index (κ1) is 13.9. The molecule has 0 radical (unpaired) electrons. The SMILES string of the molecule is CC1CCc2[nH]nc(-c3nc(C4CC4)nn3-c3ccccn3)c2C1. The molecule has 3 heterocycles. The van der Waals surface area contributed by atoms with Gasteiger partial charge < -0.3 is 0 Å². The van der Waals surface area contributed by atoms with Gasteiger partial charge in [0.05, 0.1) is 0 Å². The van der Waals surface area contributed by atoms with Crippen molar-refractivity contribution >= 4 is 0 Å². The van der Waals surface area contributed by atoms with Crippen LogP contribution in [0.2, 0.25) is 0 Å². The molecule has 0 aliphatic heterocycles. The van der Waals surface area contributed by atoms with Crippen molar-refractivity contribution in [1.82, 2.24) is 29.9 Å². The van der Waals surface area contributed by atoms with E-state index in [0.717, 1.165) is 36.0 Å². The zero-order chi connectivity index (χ0) is 16.1. The monoisotopic (exact) mass is 320 g/mol. The Morgan fingerprint density at radius 1 is 1.21 bits per heavy atom. The van der Waals surface area contributed by atoms with Crippen LogP contribution in [0.5, 0.6) is 0 Å². The lowest BCUT2D eigenvalue weighted by atomic mass is 9.87. The maximum atomic E-state index is 4.85. The van der Waals surface area contributed by atoms with Crippen LogP contribution in [-0.2, 0) is 12.8 Å². The van der Waals surface area contributed by atoms with E-state index >= 15 is 0 Å². The number of aromatic nitrogens is 6. The lowest BCUT2D eigenvalue weighted by Gasteiger charge is -2.18. The summed E-state index contributed by atoms with van der Waals surface area (Å²) in [5.74, 6) is 3.73. The van der Waals surface area contributed by atoms with Gasteiger partial charge in [0.25, 0.3) is 0 Å². The molecule has 0 amide bonds. The van der Waals surface area contributed by atoms with Crippen LogP contribution in [0.4, 0.5) is 0 Å². The molecule has 1 saturated carbocycles. The first-order valence-corrected chi connectivity index (χ1v) is 8.74. The summed E-state index contributed by atoms with van der Waals surface area (Å²) in [6.45, 7) is 2.30. The number of H-pyrrole nitrogens is 1. The van der Waals surface area contributed by atoms with E-state index < -0.39 is 0 Å². The minimum atomic E-state index is 0.502. The average Bonchev–Trinajstić information content (AvgIpc) is 3.24. The highest BCUT2D eigenvalue weighted by molar-refractivity contribution is 5.59. The van der Waals surface area contributed by atoms with E-state index in [0.29, 0.717) is 11.8 Å². The molecule has 3 aromatic rings. The second-order valence-electron chi connectivity index (χ2n) is 7.04. The highest BCUT2D eigenvalue weighted by Crippen LogP contribution is 2.40. The molecular weight excluding hydrogens is 300 g/mol. The Labute approximate surface area is 140 Å². The molecule has 0 bridgehead atoms. The van der Waals surface area contributed by atoms with E-state index in [4.69, 9.17) is 10.1 Å². The number of rotatable bonds is 3. The molecule has 24 heavy (non-hydrogen) atoms. The van der Waals surface area contributed by atoms with Crippen molar-refractivity contribution < 1.29 is 0 Å². The third kappa shape index (κ3) is 2.25. The van der Waals surface area contributed by atoms with E-state index in [9.17, 15) is 0 Å². The third-order valence-corrected chi connectivity index (χ3v) is 5.04. The molecule has 6 nitrogen and oxygen atoms in total. The van der Waals surface area contributed by atoms with Gasteiger partial charge in [-0.1, -0.05) is 13.0 Å². The largest absolute Gasteiger partial charge is 0.282 e. The van der Waals surface area contributed by atoms with Gasteiger partial charge in [0.2, 0.25) is 0 Å². The lowest BCUT2D eigenvalue weighted by molar-refractivity contribution is 0.498. The first-order valence-electron chi connectivity index (χ1n) is 8.74. The van der Waals surface area contributed by atoms with Gasteiger partial charge in [0.1, 0.15) is 5.69 Å². The highest BCUT2D eigenvalue weighted by atomic mass is 15.4. The minimum Gasteiger partial charge on any atom is -0.282 e. The van der Waals surface area contributed by atoms with E-state index in [-0.39, 0.29) is 0 Å². The summed E-state index contributed by atoms with van der Waals surface area (Å²) >= 11 is 0. The number of fused-ring (bicyclic) bond motifs is 1. The Morgan fingerprint density at radius 2 is 2.12 bits per heavy atom. The zero-order valence-corrected chi connectivity index (χ0v) is 13.7. The quantitative estimate of drug-likeness (QED) is 0.805. The van der Waals surface area contributed by atoms with Gasteiger partial charge in [0, 0.05) is 23.4 Å². The van der Waals surface area contributed by atoms with Crippen LogP contribution in [0.3, 0.4) is 0 Å². The fourth-order valence-electron chi connectivity index (χ4n) is 3.49. The summed E-state index contributed by atoms with van der Waals surface area (Å²) < 4.78 is 1.86. The number of hydrogen-bond acceptors (Lipinski definition) is 4. The summed E-state index contributed by atoms with van der Waals surface area (Å²) in [6.07, 6.45) is 7.49. The van der Waals surface area contributed by atoms with Gasteiger partial charge in [-0.25, -0.2) is 9.97 Å². The smallest absolute Gasteiger partial charge is 0.185 e. The van der Waals surface area contributed by atoms with Crippen molar-refractivity contribution in [3.05, 3.63) is 41.5 Å². The van der Waals surface area contributed by atoms with E-state index in [1.54, 1.807) is 6.20 Å². The first-order chi connectivity index (χ1) is 11.8. The Hall–Kier alpha value is -2.50. The fourth-order valence-corrected chi connectivity index (χ4v) is 3.49. The van der Waals surface area contributed by atoms with Gasteiger partial charge in [-0.2, -0.15) is 9.78 Å². The normalized spacial score (nSPS) is 20.1. The fraction of sp³-hybridized carbons (Fsp3) is 0.444. The van der Waals surface area contributed by atoms with Crippen molar-refractivity contribution in [2.45, 2.75) is 44.9 Å². The molecule has 0 spiro atoms. The van der Waals surface area contributed by atoms with Crippen molar-refractivity contribution in [1.29, 1.82) is 0 Å². The number of pyridine rings is 1. The standard InChI is InChI=1S/C18H20N6/c1-11-5-8-14-13(10-11)16(22-21-14)18-20-17(12-6-7-12)23-24(18)15-4-2-3-9-19-15/h2-4,9,11-12H,5-8,10H2,1H3,(H,21,22). The van der Waals surface area contributed by atoms with Gasteiger partial charge in [0.15, 0.2) is 17.5 Å². The van der Waals surface area contributed by atoms with Crippen LogP contribution < -0.4 is 0 Å². The predicted molar refractivity (Wildman–Crippen MR) is 89.9 cm³/mol. The Morgan fingerprint density at radius 3 is 2.92 bits per heavy atom. The third-order valence-electron chi connectivity index (χ3n) is 5.04. The van der Waals surface area contributed by atoms with Gasteiger partial charge in [-0.15, -0.1) is 5.10 Å². The summed E-state index contributed by atoms with van der Waals surface area (Å²) in [7, 11) is 0. The molecule has 1 fully saturated rings. The molecule has 3 aromatic heterocycles. The van der Waals surface area contributed by atoms with E-state index in [1.165, 1.54) is 30.5 Å². The topological polar surface area (TPSA) is 72.3 Å². The maximum Gasteiger partial charge on any atom is 0.185 e. The number of nitrogens with one attached hydrogen (secondary N) is 1. The summed E-state index contributed by atoms with van der Waals surface area (Å²) in [4.78, 5) is 9.32. The van der Waals surface area contributed by atoms with Crippen LogP contribution in [-0.4, -0.2) is 29.9 Å². The molecule has 1 N–H and O–H groups in total. The van der Waals surface area contributed by atoms with E-state index in [1.807, 2.05) is 22.9 Å². The van der Waals surface area contributed by atoms with Crippen LogP contribution >= 0.6 is 0 Å². The maximum absolute atomic E-state index is 4.85. The minimum absolute atomic E-state index is 0.502. The van der Waals surface area contributed by atoms with Crippen molar-refractivity contribution in [2.24, 2.45) is 5.92 Å². The number of aryl methyl sites for hydroxylation is 1. The Bertz CT molecular complexity index is 874. The summed E-state index contributed by atoms with van der Waals surface area (Å²) in [5.41, 5.74) is 3.51. The lowest BCUT2D eigenvalue weighted by Crippen LogP contribution is -2.11. The van der Waals surface area contributed by atoms with Crippen LogP contribution in [0, 0.1) is 5.92 Å². The molecule has 5 rings (SSSR count). The second-order valence-corrected chi connectivity index (χ2v) is 7.04. The highest BCUT2D eigenvalue weighted by Gasteiger charge is 2.32. The average molecular weight is 320 g/mol. The van der Waals surface area contributed by atoms with Crippen molar-refractivity contribution in [3.8, 4) is 17.3 Å². The van der Waals surface area contributed by atoms with Crippen LogP contribution in [0.15, 0.2) is 24.4 Å². The Kier molecular flexibility index (Phi) is 3.04. The molecule has 122 valence electrons. The van der Waals surface area contributed by atoms with Gasteiger partial charge >= 0.3 is 0 Å². The van der Waals surface area contributed by atoms with Crippen LogP contribution in [0.25, 0.3) is 17.3 Å². The molecule has 6 heteroatoms. The second kappa shape index (κ2) is 5.26. The molecular formula is C18H20N6. The molecule has 2 aliphatic carbocycles. The molecule has 1 atom stereocenters. The van der Waals surface area contributed by atoms with E-state index in [2.05, 4.69) is 22.1 Å². The van der Waals surface area contributed by atoms with Crippen LogP contribution in [0.1, 0.15) is 49.2 Å². The summed E-state index contributed by atoms with van der Waals surface area (Å²) in [6, 6.07) is 5.86. The molecule has 2 aliphatic rings. The number of nitrogens with zero attached hydrogens (tertiary/aromatic N) is 5. The van der Waals surface area contributed by atoms with Crippen molar-refractivity contribution in [3.63, 3.8) is 0 Å². The Balaban J connectivity index is 1.67. The molecule has 1 unspecified atom stereocenters. The summed E-state index contributed by atoms with van der Waals surface area (Å²) in [5, 5.41) is 12.6. The number of hydrogen-bond donors (Lipinski definition) is 1. The molecule has 0 aromatic carbocycles. The van der Waals surface area contributed by atoms with Gasteiger partial charge in [-0.05, 0) is 50.2 Å². The predicted octanol–water partition coefficient (Wildman–Crippen LogP) is 3.05.